The average Bonchev–Trinajstić information content (AvgIpc) is 2.68. The molecule has 1 aliphatic carbocycles. The van der Waals surface area contributed by atoms with Crippen molar-refractivity contribution >= 4 is 0 Å². The molecule has 1 aliphatic rings. The van der Waals surface area contributed by atoms with Gasteiger partial charge in [-0.1, -0.05) is 32.6 Å². The van der Waals surface area contributed by atoms with Gasteiger partial charge in [0.1, 0.15) is 5.82 Å². The van der Waals surface area contributed by atoms with E-state index in [1.807, 2.05) is 6.20 Å². The van der Waals surface area contributed by atoms with Gasteiger partial charge in [0.2, 0.25) is 0 Å². The molecule has 0 aliphatic heterocycles. The highest BCUT2D eigenvalue weighted by atomic mass is 15.1. The number of hydrogen-bond donors (Lipinski definition) is 1. The van der Waals surface area contributed by atoms with Gasteiger partial charge in [-0.15, -0.1) is 0 Å². The molecule has 1 atom stereocenters. The zero-order valence-electron chi connectivity index (χ0n) is 12.6. The van der Waals surface area contributed by atoms with Gasteiger partial charge in [-0.05, 0) is 32.1 Å². The molecule has 0 unspecified atom stereocenters. The van der Waals surface area contributed by atoms with E-state index in [0.29, 0.717) is 6.04 Å². The number of nitrogens with zero attached hydrogens (tertiary/aromatic N) is 2. The Hall–Kier alpha value is -0.830. The van der Waals surface area contributed by atoms with Gasteiger partial charge < -0.3 is 9.88 Å². The van der Waals surface area contributed by atoms with Gasteiger partial charge in [-0.2, -0.15) is 0 Å². The van der Waals surface area contributed by atoms with E-state index in [0.717, 1.165) is 19.0 Å². The van der Waals surface area contributed by atoms with Crippen LogP contribution < -0.4 is 5.32 Å². The van der Waals surface area contributed by atoms with Crippen molar-refractivity contribution in [3.63, 3.8) is 0 Å². The molecule has 1 fully saturated rings. The van der Waals surface area contributed by atoms with E-state index >= 15 is 0 Å². The zero-order valence-corrected chi connectivity index (χ0v) is 12.6. The van der Waals surface area contributed by atoms with Crippen molar-refractivity contribution < 1.29 is 0 Å². The summed E-state index contributed by atoms with van der Waals surface area (Å²) in [6.45, 7) is 6.55. The highest BCUT2D eigenvalue weighted by Gasteiger charge is 2.18. The second-order valence-electron chi connectivity index (χ2n) is 5.96. The molecule has 19 heavy (non-hydrogen) atoms. The van der Waals surface area contributed by atoms with E-state index in [-0.39, 0.29) is 0 Å². The summed E-state index contributed by atoms with van der Waals surface area (Å²) >= 11 is 0. The van der Waals surface area contributed by atoms with Crippen molar-refractivity contribution in [3.8, 4) is 0 Å². The van der Waals surface area contributed by atoms with Crippen molar-refractivity contribution in [3.05, 3.63) is 18.2 Å². The lowest BCUT2D eigenvalue weighted by Crippen LogP contribution is -2.33. The number of nitrogens with one attached hydrogen (secondary N) is 1. The third-order valence-electron chi connectivity index (χ3n) is 4.46. The minimum Gasteiger partial charge on any atom is -0.334 e. The normalized spacial score (nSPS) is 19.3. The molecule has 1 aromatic heterocycles. The van der Waals surface area contributed by atoms with Crippen LogP contribution in [0, 0.1) is 5.92 Å². The summed E-state index contributed by atoms with van der Waals surface area (Å²) < 4.78 is 2.27. The quantitative estimate of drug-likeness (QED) is 0.792. The number of rotatable bonds is 6. The van der Waals surface area contributed by atoms with Crippen molar-refractivity contribution in [2.24, 2.45) is 5.92 Å². The van der Waals surface area contributed by atoms with Gasteiger partial charge >= 0.3 is 0 Å². The number of imidazole rings is 1. The second-order valence-corrected chi connectivity index (χ2v) is 5.96. The fraction of sp³-hybridized carbons (Fsp3) is 0.812. The minimum atomic E-state index is 0.616. The van der Waals surface area contributed by atoms with E-state index in [4.69, 9.17) is 0 Å². The molecule has 2 rings (SSSR count). The molecular weight excluding hydrogens is 234 g/mol. The Morgan fingerprint density at radius 3 is 2.74 bits per heavy atom. The van der Waals surface area contributed by atoms with Crippen LogP contribution in [-0.2, 0) is 13.1 Å². The lowest BCUT2D eigenvalue weighted by molar-refractivity contribution is 0.332. The Bertz CT molecular complexity index is 351. The predicted molar refractivity (Wildman–Crippen MR) is 80.0 cm³/mol. The molecule has 0 amide bonds. The first-order chi connectivity index (χ1) is 9.31. The summed E-state index contributed by atoms with van der Waals surface area (Å²) in [6, 6.07) is 0.616. The first-order valence-electron chi connectivity index (χ1n) is 8.04. The van der Waals surface area contributed by atoms with Gasteiger partial charge in [-0.3, -0.25) is 0 Å². The highest BCUT2D eigenvalue weighted by molar-refractivity contribution is 4.92. The molecule has 3 nitrogen and oxygen atoms in total. The smallest absolute Gasteiger partial charge is 0.122 e. The van der Waals surface area contributed by atoms with Crippen LogP contribution in [0.25, 0.3) is 0 Å². The first-order valence-corrected chi connectivity index (χ1v) is 8.04. The van der Waals surface area contributed by atoms with E-state index in [2.05, 4.69) is 34.9 Å². The van der Waals surface area contributed by atoms with Gasteiger partial charge in [0.25, 0.3) is 0 Å². The zero-order chi connectivity index (χ0) is 13.5. The lowest BCUT2D eigenvalue weighted by Gasteiger charge is -2.23. The summed E-state index contributed by atoms with van der Waals surface area (Å²) in [5, 5.41) is 3.70. The molecule has 1 aromatic rings. The minimum absolute atomic E-state index is 0.616. The van der Waals surface area contributed by atoms with Crippen LogP contribution in [0.3, 0.4) is 0 Å². The molecular formula is C16H29N3. The largest absolute Gasteiger partial charge is 0.334 e. The predicted octanol–water partition coefficient (Wildman–Crippen LogP) is 3.74. The Kier molecular flexibility index (Phi) is 5.90. The maximum atomic E-state index is 4.47. The molecule has 0 spiro atoms. The Labute approximate surface area is 117 Å². The SMILES string of the molecule is CCCn1ccnc1CN[C@H](C)C1CCCCCC1. The molecule has 1 saturated carbocycles. The third kappa shape index (κ3) is 4.34. The molecule has 108 valence electrons. The Morgan fingerprint density at radius 2 is 2.05 bits per heavy atom. The van der Waals surface area contributed by atoms with Gasteiger partial charge in [0, 0.05) is 25.0 Å². The first kappa shape index (κ1) is 14.6. The fourth-order valence-corrected chi connectivity index (χ4v) is 3.18. The summed E-state index contributed by atoms with van der Waals surface area (Å²) in [6.07, 6.45) is 13.7. The van der Waals surface area contributed by atoms with Crippen LogP contribution in [0.5, 0.6) is 0 Å². The third-order valence-corrected chi connectivity index (χ3v) is 4.46. The number of aryl methyl sites for hydroxylation is 1. The number of aromatic nitrogens is 2. The lowest BCUT2D eigenvalue weighted by atomic mass is 9.93. The highest BCUT2D eigenvalue weighted by Crippen LogP contribution is 2.25. The van der Waals surface area contributed by atoms with Crippen molar-refractivity contribution in [1.29, 1.82) is 0 Å². The second kappa shape index (κ2) is 7.68. The summed E-state index contributed by atoms with van der Waals surface area (Å²) in [4.78, 5) is 4.47. The van der Waals surface area contributed by atoms with E-state index < -0.39 is 0 Å². The molecule has 0 aromatic carbocycles. The van der Waals surface area contributed by atoms with Gasteiger partial charge in [0.05, 0.1) is 6.54 Å². The van der Waals surface area contributed by atoms with E-state index in [1.54, 1.807) is 0 Å². The molecule has 0 radical (unpaired) electrons. The summed E-state index contributed by atoms with van der Waals surface area (Å²) in [5.74, 6) is 2.04. The fourth-order valence-electron chi connectivity index (χ4n) is 3.18. The van der Waals surface area contributed by atoms with Crippen molar-refractivity contribution in [2.45, 2.75) is 77.9 Å². The van der Waals surface area contributed by atoms with Gasteiger partial charge in [-0.25, -0.2) is 4.98 Å². The van der Waals surface area contributed by atoms with E-state index in [9.17, 15) is 0 Å². The molecule has 1 N–H and O–H groups in total. The van der Waals surface area contributed by atoms with Gasteiger partial charge in [0.15, 0.2) is 0 Å². The Balaban J connectivity index is 1.81. The van der Waals surface area contributed by atoms with Crippen LogP contribution in [0.4, 0.5) is 0 Å². The van der Waals surface area contributed by atoms with Crippen LogP contribution in [0.2, 0.25) is 0 Å². The van der Waals surface area contributed by atoms with Crippen LogP contribution >= 0.6 is 0 Å². The monoisotopic (exact) mass is 263 g/mol. The summed E-state index contributed by atoms with van der Waals surface area (Å²) in [5.41, 5.74) is 0. The van der Waals surface area contributed by atoms with Crippen molar-refractivity contribution in [2.75, 3.05) is 0 Å². The maximum absolute atomic E-state index is 4.47. The molecule has 1 heterocycles. The molecule has 0 saturated heterocycles. The van der Waals surface area contributed by atoms with E-state index in [1.165, 1.54) is 50.8 Å². The molecule has 0 bridgehead atoms. The topological polar surface area (TPSA) is 29.9 Å². The average molecular weight is 263 g/mol. The molecule has 3 heteroatoms. The standard InChI is InChI=1S/C16H29N3/c1-3-11-19-12-10-17-16(19)13-18-14(2)15-8-6-4-5-7-9-15/h10,12,14-15,18H,3-9,11,13H2,1-2H3/t14-/m1/s1. The summed E-state index contributed by atoms with van der Waals surface area (Å²) in [7, 11) is 0. The van der Waals surface area contributed by atoms with Crippen molar-refractivity contribution in [1.82, 2.24) is 14.9 Å². The van der Waals surface area contributed by atoms with Crippen LogP contribution in [-0.4, -0.2) is 15.6 Å². The maximum Gasteiger partial charge on any atom is 0.122 e. The Morgan fingerprint density at radius 1 is 1.32 bits per heavy atom. The number of hydrogen-bond acceptors (Lipinski definition) is 2. The van der Waals surface area contributed by atoms with Crippen LogP contribution in [0.1, 0.15) is 64.6 Å². The van der Waals surface area contributed by atoms with Crippen LogP contribution in [0.15, 0.2) is 12.4 Å².